The first-order valence-corrected chi connectivity index (χ1v) is 11.9. The number of amides is 1. The number of benzene rings is 3. The summed E-state index contributed by atoms with van der Waals surface area (Å²) in [6.07, 6.45) is 1.42. The summed E-state index contributed by atoms with van der Waals surface area (Å²) in [4.78, 5) is 12.8. The van der Waals surface area contributed by atoms with Crippen LogP contribution in [0, 0.1) is 13.8 Å². The van der Waals surface area contributed by atoms with Crippen LogP contribution >= 0.6 is 0 Å². The molecule has 0 heterocycles. The average molecular weight is 482 g/mol. The number of anilines is 1. The fraction of sp³-hybridized carbons (Fsp3) is 0.200. The van der Waals surface area contributed by atoms with Gasteiger partial charge < -0.3 is 9.47 Å². The number of carbonyl (C=O) groups excluding carboxylic acids is 1. The van der Waals surface area contributed by atoms with Crippen molar-refractivity contribution >= 4 is 27.8 Å². The maximum absolute atomic E-state index is 13.4. The predicted molar refractivity (Wildman–Crippen MR) is 132 cm³/mol. The SMILES string of the molecule is COc1ccc(/C=N\NC(=O)CN(c2cc(C)cc(C)c2)S(=O)(=O)c2ccccc2)c(OC)c1. The summed E-state index contributed by atoms with van der Waals surface area (Å²) in [6.45, 7) is 3.30. The van der Waals surface area contributed by atoms with Crippen molar-refractivity contribution in [2.45, 2.75) is 18.7 Å². The number of sulfonamides is 1. The number of ether oxygens (including phenoxy) is 2. The standard InChI is InChI=1S/C25H27N3O5S/c1-18-12-19(2)14-21(13-18)28(34(30,31)23-8-6-5-7-9-23)17-25(29)27-26-16-20-10-11-22(32-3)15-24(20)33-4/h5-16H,17H2,1-4H3,(H,27,29)/b26-16-. The van der Waals surface area contributed by atoms with Gasteiger partial charge in [0.15, 0.2) is 0 Å². The van der Waals surface area contributed by atoms with Crippen molar-refractivity contribution < 1.29 is 22.7 Å². The van der Waals surface area contributed by atoms with Crippen LogP contribution in [0.1, 0.15) is 16.7 Å². The highest BCUT2D eigenvalue weighted by atomic mass is 32.2. The van der Waals surface area contributed by atoms with E-state index in [4.69, 9.17) is 9.47 Å². The zero-order valence-electron chi connectivity index (χ0n) is 19.5. The molecule has 0 atom stereocenters. The second kappa shape index (κ2) is 10.8. The van der Waals surface area contributed by atoms with Gasteiger partial charge in [0.1, 0.15) is 18.0 Å². The number of hydrogen-bond donors (Lipinski definition) is 1. The highest BCUT2D eigenvalue weighted by Crippen LogP contribution is 2.26. The lowest BCUT2D eigenvalue weighted by molar-refractivity contribution is -0.119. The number of carbonyl (C=O) groups is 1. The molecule has 0 unspecified atom stereocenters. The second-order valence-corrected chi connectivity index (χ2v) is 9.43. The first-order valence-electron chi connectivity index (χ1n) is 10.4. The van der Waals surface area contributed by atoms with Crippen molar-refractivity contribution in [3.63, 3.8) is 0 Å². The van der Waals surface area contributed by atoms with Crippen molar-refractivity contribution in [3.8, 4) is 11.5 Å². The molecule has 34 heavy (non-hydrogen) atoms. The molecular weight excluding hydrogens is 454 g/mol. The van der Waals surface area contributed by atoms with Gasteiger partial charge in [0.2, 0.25) is 0 Å². The van der Waals surface area contributed by atoms with Gasteiger partial charge in [-0.05, 0) is 61.4 Å². The Morgan fingerprint density at radius 2 is 1.65 bits per heavy atom. The van der Waals surface area contributed by atoms with Gasteiger partial charge >= 0.3 is 0 Å². The molecular formula is C25H27N3O5S. The number of rotatable bonds is 9. The summed E-state index contributed by atoms with van der Waals surface area (Å²) in [5.74, 6) is 0.538. The first kappa shape index (κ1) is 24.8. The zero-order valence-corrected chi connectivity index (χ0v) is 20.3. The number of nitrogens with one attached hydrogen (secondary N) is 1. The van der Waals surface area contributed by atoms with Crippen LogP contribution in [-0.2, 0) is 14.8 Å². The zero-order chi connectivity index (χ0) is 24.7. The Morgan fingerprint density at radius 1 is 0.971 bits per heavy atom. The summed E-state index contributed by atoms with van der Waals surface area (Å²) < 4.78 is 38.4. The number of hydrazone groups is 1. The molecule has 0 radical (unpaired) electrons. The highest BCUT2D eigenvalue weighted by molar-refractivity contribution is 7.92. The van der Waals surface area contributed by atoms with E-state index in [9.17, 15) is 13.2 Å². The first-order chi connectivity index (χ1) is 16.2. The van der Waals surface area contributed by atoms with Gasteiger partial charge in [-0.2, -0.15) is 5.10 Å². The molecule has 3 rings (SSSR count). The molecule has 0 aliphatic rings. The molecule has 0 saturated carbocycles. The van der Waals surface area contributed by atoms with Crippen LogP contribution in [0.3, 0.4) is 0 Å². The minimum Gasteiger partial charge on any atom is -0.497 e. The average Bonchev–Trinajstić information content (AvgIpc) is 2.82. The van der Waals surface area contributed by atoms with Gasteiger partial charge in [-0.3, -0.25) is 9.10 Å². The Balaban J connectivity index is 1.85. The maximum Gasteiger partial charge on any atom is 0.264 e. The van der Waals surface area contributed by atoms with E-state index in [1.54, 1.807) is 55.6 Å². The van der Waals surface area contributed by atoms with Crippen molar-refractivity contribution in [2.24, 2.45) is 5.10 Å². The summed E-state index contributed by atoms with van der Waals surface area (Å²) in [7, 11) is -0.927. The lowest BCUT2D eigenvalue weighted by atomic mass is 10.1. The van der Waals surface area contributed by atoms with Gasteiger partial charge in [-0.25, -0.2) is 13.8 Å². The molecule has 9 heteroatoms. The summed E-state index contributed by atoms with van der Waals surface area (Å²) in [5.41, 5.74) is 5.18. The van der Waals surface area contributed by atoms with E-state index >= 15 is 0 Å². The third kappa shape index (κ3) is 5.93. The van der Waals surface area contributed by atoms with Crippen LogP contribution in [0.4, 0.5) is 5.69 Å². The lowest BCUT2D eigenvalue weighted by Crippen LogP contribution is -2.39. The topological polar surface area (TPSA) is 97.3 Å². The predicted octanol–water partition coefficient (Wildman–Crippen LogP) is 3.67. The highest BCUT2D eigenvalue weighted by Gasteiger charge is 2.27. The Kier molecular flexibility index (Phi) is 7.91. The third-order valence-electron chi connectivity index (χ3n) is 4.95. The number of methoxy groups -OCH3 is 2. The van der Waals surface area contributed by atoms with Gasteiger partial charge in [-0.15, -0.1) is 0 Å². The molecule has 0 aromatic heterocycles. The van der Waals surface area contributed by atoms with Crippen molar-refractivity contribution in [2.75, 3.05) is 25.1 Å². The van der Waals surface area contributed by atoms with E-state index in [2.05, 4.69) is 10.5 Å². The van der Waals surface area contributed by atoms with Crippen LogP contribution in [0.25, 0.3) is 0 Å². The molecule has 0 saturated heterocycles. The molecule has 3 aromatic rings. The van der Waals surface area contributed by atoms with Crippen LogP contribution in [0.15, 0.2) is 76.7 Å². The normalized spacial score (nSPS) is 11.3. The molecule has 1 N–H and O–H groups in total. The fourth-order valence-corrected chi connectivity index (χ4v) is 4.82. The molecule has 0 aliphatic heterocycles. The van der Waals surface area contributed by atoms with Crippen molar-refractivity contribution in [1.29, 1.82) is 0 Å². The quantitative estimate of drug-likeness (QED) is 0.372. The minimum absolute atomic E-state index is 0.0911. The van der Waals surface area contributed by atoms with Gasteiger partial charge in [-0.1, -0.05) is 24.3 Å². The molecule has 0 spiro atoms. The van der Waals surface area contributed by atoms with Crippen molar-refractivity contribution in [1.82, 2.24) is 5.43 Å². The van der Waals surface area contributed by atoms with E-state index in [1.807, 2.05) is 19.9 Å². The third-order valence-corrected chi connectivity index (χ3v) is 6.73. The van der Waals surface area contributed by atoms with E-state index in [1.165, 1.54) is 25.5 Å². The molecule has 0 aliphatic carbocycles. The molecule has 178 valence electrons. The largest absolute Gasteiger partial charge is 0.497 e. The minimum atomic E-state index is -3.99. The fourth-order valence-electron chi connectivity index (χ4n) is 3.39. The smallest absolute Gasteiger partial charge is 0.264 e. The number of hydrogen-bond acceptors (Lipinski definition) is 6. The molecule has 1 amide bonds. The lowest BCUT2D eigenvalue weighted by Gasteiger charge is -2.24. The Labute approximate surface area is 199 Å². The van der Waals surface area contributed by atoms with E-state index in [0.717, 1.165) is 15.4 Å². The number of nitrogens with zero attached hydrogens (tertiary/aromatic N) is 2. The molecule has 8 nitrogen and oxygen atoms in total. The summed E-state index contributed by atoms with van der Waals surface area (Å²) in [5, 5.41) is 3.98. The number of aryl methyl sites for hydroxylation is 2. The van der Waals surface area contributed by atoms with Crippen LogP contribution in [-0.4, -0.2) is 41.3 Å². The Morgan fingerprint density at radius 3 is 2.26 bits per heavy atom. The van der Waals surface area contributed by atoms with Crippen LogP contribution in [0.5, 0.6) is 11.5 Å². The van der Waals surface area contributed by atoms with E-state index < -0.39 is 22.5 Å². The Bertz CT molecular complexity index is 1270. The van der Waals surface area contributed by atoms with Crippen molar-refractivity contribution in [3.05, 3.63) is 83.4 Å². The molecule has 0 bridgehead atoms. The van der Waals surface area contributed by atoms with Crippen LogP contribution < -0.4 is 19.2 Å². The Hall–Kier alpha value is -3.85. The second-order valence-electron chi connectivity index (χ2n) is 7.57. The monoisotopic (exact) mass is 481 g/mol. The van der Waals surface area contributed by atoms with E-state index in [-0.39, 0.29) is 4.90 Å². The van der Waals surface area contributed by atoms with Gasteiger partial charge in [0.05, 0.1) is 31.0 Å². The van der Waals surface area contributed by atoms with Crippen LogP contribution in [0.2, 0.25) is 0 Å². The van der Waals surface area contributed by atoms with Gasteiger partial charge in [0, 0.05) is 11.6 Å². The van der Waals surface area contributed by atoms with Gasteiger partial charge in [0.25, 0.3) is 15.9 Å². The van der Waals surface area contributed by atoms with E-state index in [0.29, 0.717) is 22.7 Å². The summed E-state index contributed by atoms with van der Waals surface area (Å²) >= 11 is 0. The molecule has 0 fully saturated rings. The molecule has 3 aromatic carbocycles. The summed E-state index contributed by atoms with van der Waals surface area (Å²) in [6, 6.07) is 18.6. The maximum atomic E-state index is 13.4.